The zero-order valence-electron chi connectivity index (χ0n) is 12.6. The normalized spacial score (nSPS) is 25.6. The van der Waals surface area contributed by atoms with E-state index in [9.17, 15) is 13.5 Å². The molecule has 0 bridgehead atoms. The third-order valence-electron chi connectivity index (χ3n) is 4.78. The molecule has 1 saturated carbocycles. The number of nitrogens with one attached hydrogen (secondary N) is 1. The van der Waals surface area contributed by atoms with Crippen molar-refractivity contribution in [2.75, 3.05) is 6.61 Å². The summed E-state index contributed by atoms with van der Waals surface area (Å²) in [5.41, 5.74) is -0.377. The Bertz CT molecular complexity index is 782. The Balaban J connectivity index is 1.99. The summed E-state index contributed by atoms with van der Waals surface area (Å²) in [4.78, 5) is 0.304. The third kappa shape index (κ3) is 2.64. The minimum atomic E-state index is -3.61. The Hall–Kier alpha value is -1.43. The van der Waals surface area contributed by atoms with Gasteiger partial charge < -0.3 is 5.11 Å². The summed E-state index contributed by atoms with van der Waals surface area (Å²) in [6.07, 6.45) is 2.53. The number of benzene rings is 2. The van der Waals surface area contributed by atoms with Crippen molar-refractivity contribution in [3.63, 3.8) is 0 Å². The molecule has 2 atom stereocenters. The van der Waals surface area contributed by atoms with E-state index in [1.165, 1.54) is 0 Å². The van der Waals surface area contributed by atoms with Crippen molar-refractivity contribution >= 4 is 20.8 Å². The average Bonchev–Trinajstić information content (AvgIpc) is 2.87. The number of aliphatic hydroxyl groups is 1. The van der Waals surface area contributed by atoms with Crippen molar-refractivity contribution in [2.24, 2.45) is 5.41 Å². The zero-order chi connectivity index (χ0) is 15.8. The van der Waals surface area contributed by atoms with E-state index in [1.54, 1.807) is 12.1 Å². The highest BCUT2D eigenvalue weighted by Gasteiger charge is 2.40. The van der Waals surface area contributed by atoms with Crippen molar-refractivity contribution in [2.45, 2.75) is 37.1 Å². The van der Waals surface area contributed by atoms with Crippen molar-refractivity contribution in [1.29, 1.82) is 0 Å². The van der Waals surface area contributed by atoms with E-state index in [-0.39, 0.29) is 18.1 Å². The van der Waals surface area contributed by atoms with Gasteiger partial charge in [-0.3, -0.25) is 0 Å². The molecule has 0 saturated heterocycles. The largest absolute Gasteiger partial charge is 0.396 e. The van der Waals surface area contributed by atoms with Crippen LogP contribution in [0.3, 0.4) is 0 Å². The maximum Gasteiger partial charge on any atom is 0.241 e. The highest BCUT2D eigenvalue weighted by atomic mass is 32.2. The zero-order valence-corrected chi connectivity index (χ0v) is 13.4. The second-order valence-corrected chi connectivity index (χ2v) is 8.04. The molecule has 3 rings (SSSR count). The molecule has 22 heavy (non-hydrogen) atoms. The summed E-state index contributed by atoms with van der Waals surface area (Å²) in [7, 11) is -3.61. The first-order chi connectivity index (χ1) is 10.5. The molecule has 5 heteroatoms. The smallest absolute Gasteiger partial charge is 0.241 e. The van der Waals surface area contributed by atoms with Gasteiger partial charge in [-0.05, 0) is 24.3 Å². The number of rotatable bonds is 4. The standard InChI is InChI=1S/C17H21NO3S/c1-17(12-19)11-5-10-16(17)18-22(20,21)15-9-4-7-13-6-2-3-8-14(13)15/h2-4,6-9,16,18-19H,5,10-12H2,1H3. The Kier molecular flexibility index (Phi) is 3.97. The molecular weight excluding hydrogens is 298 g/mol. The quantitative estimate of drug-likeness (QED) is 0.910. The fourth-order valence-electron chi connectivity index (χ4n) is 3.30. The van der Waals surface area contributed by atoms with Crippen LogP contribution in [0.2, 0.25) is 0 Å². The first kappa shape index (κ1) is 15.5. The van der Waals surface area contributed by atoms with E-state index < -0.39 is 10.0 Å². The number of fused-ring (bicyclic) bond motifs is 1. The average molecular weight is 319 g/mol. The molecular formula is C17H21NO3S. The van der Waals surface area contributed by atoms with Crippen LogP contribution in [-0.4, -0.2) is 26.2 Å². The lowest BCUT2D eigenvalue weighted by atomic mass is 9.86. The monoisotopic (exact) mass is 319 g/mol. The molecule has 0 spiro atoms. The van der Waals surface area contributed by atoms with Crippen molar-refractivity contribution in [1.82, 2.24) is 4.72 Å². The molecule has 118 valence electrons. The maximum absolute atomic E-state index is 12.8. The summed E-state index contributed by atoms with van der Waals surface area (Å²) >= 11 is 0. The summed E-state index contributed by atoms with van der Waals surface area (Å²) in [5.74, 6) is 0. The van der Waals surface area contributed by atoms with Crippen LogP contribution in [0.4, 0.5) is 0 Å². The topological polar surface area (TPSA) is 66.4 Å². The molecule has 2 aromatic rings. The molecule has 1 aliphatic carbocycles. The lowest BCUT2D eigenvalue weighted by Gasteiger charge is -2.30. The van der Waals surface area contributed by atoms with Crippen molar-refractivity contribution in [3.8, 4) is 0 Å². The minimum Gasteiger partial charge on any atom is -0.396 e. The molecule has 0 aromatic heterocycles. The van der Waals surface area contributed by atoms with Crippen LogP contribution < -0.4 is 4.72 Å². The molecule has 1 fully saturated rings. The van der Waals surface area contributed by atoms with Crippen LogP contribution in [-0.2, 0) is 10.0 Å². The Morgan fingerprint density at radius 3 is 2.73 bits per heavy atom. The number of sulfonamides is 1. The van der Waals surface area contributed by atoms with Gasteiger partial charge in [-0.15, -0.1) is 0 Å². The van der Waals surface area contributed by atoms with Gasteiger partial charge in [0.15, 0.2) is 0 Å². The highest BCUT2D eigenvalue weighted by molar-refractivity contribution is 7.89. The van der Waals surface area contributed by atoms with Crippen LogP contribution in [0.5, 0.6) is 0 Å². The summed E-state index contributed by atoms with van der Waals surface area (Å²) in [6, 6.07) is 12.5. The lowest BCUT2D eigenvalue weighted by Crippen LogP contribution is -2.44. The second-order valence-electron chi connectivity index (χ2n) is 6.36. The number of hydrogen-bond acceptors (Lipinski definition) is 3. The van der Waals surface area contributed by atoms with Gasteiger partial charge in [0, 0.05) is 23.4 Å². The molecule has 2 aromatic carbocycles. The van der Waals surface area contributed by atoms with Crippen LogP contribution in [0.1, 0.15) is 26.2 Å². The van der Waals surface area contributed by atoms with Gasteiger partial charge in [0.05, 0.1) is 4.90 Å². The summed E-state index contributed by atoms with van der Waals surface area (Å²) in [6.45, 7) is 1.94. The molecule has 1 aliphatic rings. The highest BCUT2D eigenvalue weighted by Crippen LogP contribution is 2.38. The van der Waals surface area contributed by atoms with E-state index in [4.69, 9.17) is 0 Å². The van der Waals surface area contributed by atoms with Crippen LogP contribution in [0.15, 0.2) is 47.4 Å². The summed E-state index contributed by atoms with van der Waals surface area (Å²) < 4.78 is 28.4. The molecule has 2 N–H and O–H groups in total. The predicted molar refractivity (Wildman–Crippen MR) is 87.1 cm³/mol. The SMILES string of the molecule is CC1(CO)CCCC1NS(=O)(=O)c1cccc2ccccc12. The van der Waals surface area contributed by atoms with Crippen LogP contribution >= 0.6 is 0 Å². The Morgan fingerprint density at radius 1 is 1.23 bits per heavy atom. The van der Waals surface area contributed by atoms with Gasteiger partial charge >= 0.3 is 0 Å². The van der Waals surface area contributed by atoms with Gasteiger partial charge in [0.25, 0.3) is 0 Å². The number of aliphatic hydroxyl groups excluding tert-OH is 1. The Labute approximate surface area is 131 Å². The van der Waals surface area contributed by atoms with Gasteiger partial charge in [0.1, 0.15) is 0 Å². The fourth-order valence-corrected chi connectivity index (χ4v) is 4.94. The van der Waals surface area contributed by atoms with Gasteiger partial charge in [0.2, 0.25) is 10.0 Å². The third-order valence-corrected chi connectivity index (χ3v) is 6.31. The second kappa shape index (κ2) is 5.65. The lowest BCUT2D eigenvalue weighted by molar-refractivity contribution is 0.127. The molecule has 0 radical (unpaired) electrons. The van der Waals surface area contributed by atoms with E-state index in [0.29, 0.717) is 4.90 Å². The van der Waals surface area contributed by atoms with Gasteiger partial charge in [-0.1, -0.05) is 49.7 Å². The predicted octanol–water partition coefficient (Wildman–Crippen LogP) is 2.67. The molecule has 0 aliphatic heterocycles. The summed E-state index contributed by atoms with van der Waals surface area (Å²) in [5, 5.41) is 11.2. The van der Waals surface area contributed by atoms with Crippen LogP contribution in [0.25, 0.3) is 10.8 Å². The van der Waals surface area contributed by atoms with E-state index in [1.807, 2.05) is 37.3 Å². The molecule has 0 amide bonds. The van der Waals surface area contributed by atoms with E-state index in [0.717, 1.165) is 30.0 Å². The van der Waals surface area contributed by atoms with E-state index >= 15 is 0 Å². The van der Waals surface area contributed by atoms with E-state index in [2.05, 4.69) is 4.72 Å². The molecule has 2 unspecified atom stereocenters. The van der Waals surface area contributed by atoms with Crippen molar-refractivity contribution in [3.05, 3.63) is 42.5 Å². The first-order valence-electron chi connectivity index (χ1n) is 7.57. The maximum atomic E-state index is 12.8. The fraction of sp³-hybridized carbons (Fsp3) is 0.412. The Morgan fingerprint density at radius 2 is 1.95 bits per heavy atom. The molecule has 4 nitrogen and oxygen atoms in total. The van der Waals surface area contributed by atoms with Crippen LogP contribution in [0, 0.1) is 5.41 Å². The van der Waals surface area contributed by atoms with Crippen molar-refractivity contribution < 1.29 is 13.5 Å². The number of hydrogen-bond donors (Lipinski definition) is 2. The first-order valence-corrected chi connectivity index (χ1v) is 9.06. The van der Waals surface area contributed by atoms with Gasteiger partial charge in [-0.25, -0.2) is 13.1 Å². The van der Waals surface area contributed by atoms with Gasteiger partial charge in [-0.2, -0.15) is 0 Å². The molecule has 0 heterocycles. The minimum absolute atomic E-state index is 0.00424.